The molecule has 3 heteroatoms. The van der Waals surface area contributed by atoms with Gasteiger partial charge in [0.25, 0.3) is 0 Å². The van der Waals surface area contributed by atoms with Crippen LogP contribution in [0.2, 0.25) is 0 Å². The van der Waals surface area contributed by atoms with E-state index in [9.17, 15) is 5.26 Å². The number of rotatable bonds is 2. The first kappa shape index (κ1) is 10.9. The third-order valence-corrected chi connectivity index (χ3v) is 3.89. The van der Waals surface area contributed by atoms with E-state index in [2.05, 4.69) is 23.3 Å². The minimum Gasteiger partial charge on any atom is -0.306 e. The van der Waals surface area contributed by atoms with Crippen molar-refractivity contribution in [3.63, 3.8) is 0 Å². The SMILES string of the molecule is CN1CCC(C#N)(NC2CCCC2)CC1. The minimum absolute atomic E-state index is 0.221. The second kappa shape index (κ2) is 4.51. The van der Waals surface area contributed by atoms with Crippen LogP contribution >= 0.6 is 0 Å². The number of piperidine rings is 1. The molecular weight excluding hydrogens is 186 g/mol. The Balaban J connectivity index is 1.93. The van der Waals surface area contributed by atoms with Crippen LogP contribution in [0.25, 0.3) is 0 Å². The van der Waals surface area contributed by atoms with E-state index in [0.717, 1.165) is 25.9 Å². The van der Waals surface area contributed by atoms with E-state index in [1.54, 1.807) is 0 Å². The zero-order valence-corrected chi connectivity index (χ0v) is 9.63. The summed E-state index contributed by atoms with van der Waals surface area (Å²) in [7, 11) is 2.14. The molecule has 2 fully saturated rings. The number of hydrogen-bond donors (Lipinski definition) is 1. The van der Waals surface area contributed by atoms with Crippen molar-refractivity contribution in [1.82, 2.24) is 10.2 Å². The van der Waals surface area contributed by atoms with Crippen molar-refractivity contribution >= 4 is 0 Å². The van der Waals surface area contributed by atoms with Gasteiger partial charge in [0.15, 0.2) is 0 Å². The highest BCUT2D eigenvalue weighted by Crippen LogP contribution is 2.26. The molecule has 0 aromatic heterocycles. The standard InChI is InChI=1S/C12H21N3/c1-15-8-6-12(10-13,7-9-15)14-11-4-2-3-5-11/h11,14H,2-9H2,1H3. The van der Waals surface area contributed by atoms with E-state index in [1.165, 1.54) is 25.7 Å². The molecule has 0 radical (unpaired) electrons. The van der Waals surface area contributed by atoms with Gasteiger partial charge in [0.1, 0.15) is 5.54 Å². The lowest BCUT2D eigenvalue weighted by atomic mass is 9.88. The second-order valence-corrected chi connectivity index (χ2v) is 5.12. The van der Waals surface area contributed by atoms with Crippen LogP contribution < -0.4 is 5.32 Å². The Morgan fingerprint density at radius 1 is 1.27 bits per heavy atom. The molecule has 0 amide bonds. The topological polar surface area (TPSA) is 39.1 Å². The molecule has 3 nitrogen and oxygen atoms in total. The fourth-order valence-electron chi connectivity index (χ4n) is 2.75. The van der Waals surface area contributed by atoms with Gasteiger partial charge in [0.05, 0.1) is 6.07 Å². The van der Waals surface area contributed by atoms with E-state index < -0.39 is 0 Å². The van der Waals surface area contributed by atoms with Crippen LogP contribution in [0.5, 0.6) is 0 Å². The maximum Gasteiger partial charge on any atom is 0.109 e. The predicted molar refractivity (Wildman–Crippen MR) is 60.5 cm³/mol. The fraction of sp³-hybridized carbons (Fsp3) is 0.917. The summed E-state index contributed by atoms with van der Waals surface area (Å²) in [6.07, 6.45) is 7.16. The summed E-state index contributed by atoms with van der Waals surface area (Å²) < 4.78 is 0. The molecule has 2 aliphatic rings. The maximum atomic E-state index is 9.36. The highest BCUT2D eigenvalue weighted by molar-refractivity contribution is 5.10. The van der Waals surface area contributed by atoms with Gasteiger partial charge in [0.2, 0.25) is 0 Å². The molecule has 0 aromatic rings. The molecule has 1 heterocycles. The smallest absolute Gasteiger partial charge is 0.109 e. The lowest BCUT2D eigenvalue weighted by Gasteiger charge is -2.38. The molecule has 0 atom stereocenters. The Kier molecular flexibility index (Phi) is 3.28. The summed E-state index contributed by atoms with van der Waals surface area (Å²) in [5.74, 6) is 0. The van der Waals surface area contributed by atoms with Crippen LogP contribution in [0.3, 0.4) is 0 Å². The number of hydrogen-bond acceptors (Lipinski definition) is 3. The zero-order valence-electron chi connectivity index (χ0n) is 9.63. The monoisotopic (exact) mass is 207 g/mol. The van der Waals surface area contributed by atoms with E-state index in [0.29, 0.717) is 6.04 Å². The molecule has 15 heavy (non-hydrogen) atoms. The van der Waals surface area contributed by atoms with Crippen LogP contribution in [-0.4, -0.2) is 36.6 Å². The molecule has 84 valence electrons. The van der Waals surface area contributed by atoms with Gasteiger partial charge in [-0.2, -0.15) is 5.26 Å². The van der Waals surface area contributed by atoms with Crippen LogP contribution in [0.1, 0.15) is 38.5 Å². The molecular formula is C12H21N3. The van der Waals surface area contributed by atoms with Crippen LogP contribution in [-0.2, 0) is 0 Å². The quantitative estimate of drug-likeness (QED) is 0.746. The Morgan fingerprint density at radius 2 is 1.87 bits per heavy atom. The number of nitrogens with zero attached hydrogens (tertiary/aromatic N) is 2. The van der Waals surface area contributed by atoms with Gasteiger partial charge in [-0.25, -0.2) is 0 Å². The molecule has 0 unspecified atom stereocenters. The number of likely N-dealkylation sites (tertiary alicyclic amines) is 1. The molecule has 1 saturated carbocycles. The van der Waals surface area contributed by atoms with Crippen LogP contribution in [0.4, 0.5) is 0 Å². The number of nitriles is 1. The van der Waals surface area contributed by atoms with Gasteiger partial charge in [0, 0.05) is 19.1 Å². The van der Waals surface area contributed by atoms with Crippen molar-refractivity contribution in [2.45, 2.75) is 50.1 Å². The number of nitrogens with one attached hydrogen (secondary N) is 1. The van der Waals surface area contributed by atoms with E-state index in [1.807, 2.05) is 0 Å². The molecule has 0 bridgehead atoms. The molecule has 1 saturated heterocycles. The maximum absolute atomic E-state index is 9.36. The molecule has 2 rings (SSSR count). The van der Waals surface area contributed by atoms with Crippen molar-refractivity contribution in [2.75, 3.05) is 20.1 Å². The van der Waals surface area contributed by atoms with E-state index in [-0.39, 0.29) is 5.54 Å². The lowest BCUT2D eigenvalue weighted by molar-refractivity contribution is 0.183. The van der Waals surface area contributed by atoms with E-state index >= 15 is 0 Å². The average molecular weight is 207 g/mol. The minimum atomic E-state index is -0.221. The van der Waals surface area contributed by atoms with Crippen molar-refractivity contribution in [1.29, 1.82) is 5.26 Å². The van der Waals surface area contributed by atoms with Gasteiger partial charge in [-0.15, -0.1) is 0 Å². The van der Waals surface area contributed by atoms with E-state index in [4.69, 9.17) is 0 Å². The summed E-state index contributed by atoms with van der Waals surface area (Å²) in [4.78, 5) is 2.31. The highest BCUT2D eigenvalue weighted by Gasteiger charge is 2.35. The average Bonchev–Trinajstić information content (AvgIpc) is 2.75. The third kappa shape index (κ3) is 2.50. The lowest BCUT2D eigenvalue weighted by Crippen LogP contribution is -2.54. The van der Waals surface area contributed by atoms with Crippen molar-refractivity contribution in [2.24, 2.45) is 0 Å². The van der Waals surface area contributed by atoms with Gasteiger partial charge < -0.3 is 4.90 Å². The molecule has 1 aliphatic heterocycles. The summed E-state index contributed by atoms with van der Waals surface area (Å²) in [5, 5.41) is 13.0. The highest BCUT2D eigenvalue weighted by atomic mass is 15.1. The first-order valence-corrected chi connectivity index (χ1v) is 6.12. The molecule has 1 N–H and O–H groups in total. The van der Waals surface area contributed by atoms with Crippen molar-refractivity contribution in [3.8, 4) is 6.07 Å². The van der Waals surface area contributed by atoms with Crippen molar-refractivity contribution < 1.29 is 0 Å². The summed E-state index contributed by atoms with van der Waals surface area (Å²) in [6, 6.07) is 3.13. The van der Waals surface area contributed by atoms with Gasteiger partial charge in [-0.05, 0) is 32.7 Å². The second-order valence-electron chi connectivity index (χ2n) is 5.12. The Bertz CT molecular complexity index is 242. The first-order chi connectivity index (χ1) is 7.24. The fourth-order valence-corrected chi connectivity index (χ4v) is 2.75. The molecule has 0 aromatic carbocycles. The normalized spacial score (nSPS) is 27.7. The van der Waals surface area contributed by atoms with Crippen LogP contribution in [0, 0.1) is 11.3 Å². The largest absolute Gasteiger partial charge is 0.306 e. The molecule has 1 aliphatic carbocycles. The Morgan fingerprint density at radius 3 is 2.40 bits per heavy atom. The first-order valence-electron chi connectivity index (χ1n) is 6.12. The third-order valence-electron chi connectivity index (χ3n) is 3.89. The summed E-state index contributed by atoms with van der Waals surface area (Å²) in [5.41, 5.74) is -0.221. The Hall–Kier alpha value is -0.590. The van der Waals surface area contributed by atoms with Crippen LogP contribution in [0.15, 0.2) is 0 Å². The summed E-state index contributed by atoms with van der Waals surface area (Å²) in [6.45, 7) is 2.10. The predicted octanol–water partition coefficient (Wildman–Crippen LogP) is 1.51. The Labute approximate surface area is 92.4 Å². The van der Waals surface area contributed by atoms with Gasteiger partial charge in [-0.3, -0.25) is 5.32 Å². The van der Waals surface area contributed by atoms with Gasteiger partial charge in [-0.1, -0.05) is 12.8 Å². The molecule has 0 spiro atoms. The van der Waals surface area contributed by atoms with Gasteiger partial charge >= 0.3 is 0 Å². The summed E-state index contributed by atoms with van der Waals surface area (Å²) >= 11 is 0. The van der Waals surface area contributed by atoms with Crippen molar-refractivity contribution in [3.05, 3.63) is 0 Å². The zero-order chi connectivity index (χ0) is 10.7.